The first-order valence-corrected chi connectivity index (χ1v) is 6.34. The van der Waals surface area contributed by atoms with Gasteiger partial charge < -0.3 is 0 Å². The molecule has 0 fully saturated rings. The number of rotatable bonds is 0. The summed E-state index contributed by atoms with van der Waals surface area (Å²) in [6.07, 6.45) is 0. The average molecular weight is 269 g/mol. The van der Waals surface area contributed by atoms with Crippen molar-refractivity contribution in [1.29, 1.82) is 0 Å². The van der Waals surface area contributed by atoms with Gasteiger partial charge in [0.05, 0.1) is 7.80 Å². The zero-order valence-electron chi connectivity index (χ0n) is 6.58. The van der Waals surface area contributed by atoms with E-state index in [0.29, 0.717) is 0 Å². The van der Waals surface area contributed by atoms with Crippen LogP contribution in [0.4, 0.5) is 0 Å². The molecule has 3 aromatic rings. The van der Waals surface area contributed by atoms with Gasteiger partial charge in [0.2, 0.25) is 0 Å². The highest BCUT2D eigenvalue weighted by molar-refractivity contribution is 9.11. The Morgan fingerprint density at radius 1 is 1.00 bits per heavy atom. The maximum Gasteiger partial charge on any atom is 0.0889 e. The Hall–Kier alpha value is -0.380. The summed E-state index contributed by atoms with van der Waals surface area (Å²) >= 11 is 7.20. The van der Waals surface area contributed by atoms with Crippen molar-refractivity contribution in [3.05, 3.63) is 34.1 Å². The molecule has 1 aromatic carbocycles. The quantitative estimate of drug-likeness (QED) is 0.545. The number of hydrogen-bond donors (Lipinski definition) is 0. The minimum absolute atomic E-state index is 1.22. The monoisotopic (exact) mass is 268 g/mol. The normalized spacial score (nSPS) is 11.5. The molecule has 0 aliphatic carbocycles. The van der Waals surface area contributed by atoms with Crippen molar-refractivity contribution in [3.63, 3.8) is 0 Å². The van der Waals surface area contributed by atoms with Crippen molar-refractivity contribution >= 4 is 58.1 Å². The van der Waals surface area contributed by atoms with Gasteiger partial charge in [0, 0.05) is 15.5 Å². The molecule has 0 unspecified atom stereocenters. The van der Waals surface area contributed by atoms with E-state index in [4.69, 9.17) is 0 Å². The Balaban J connectivity index is 2.60. The maximum absolute atomic E-state index is 3.51. The number of hydrogen-bond acceptors (Lipinski definition) is 2. The van der Waals surface area contributed by atoms with Crippen LogP contribution in [0.2, 0.25) is 0 Å². The van der Waals surface area contributed by atoms with Crippen LogP contribution in [0.1, 0.15) is 0 Å². The topological polar surface area (TPSA) is 0 Å². The molecule has 0 saturated heterocycles. The summed E-state index contributed by atoms with van der Waals surface area (Å²) in [5.74, 6) is 0. The first-order valence-electron chi connectivity index (χ1n) is 3.91. The van der Waals surface area contributed by atoms with Crippen LogP contribution in [0.3, 0.4) is 0 Å². The average Bonchev–Trinajstić information content (AvgIpc) is 2.60. The second kappa shape index (κ2) is 2.80. The van der Waals surface area contributed by atoms with Crippen molar-refractivity contribution in [1.82, 2.24) is 0 Å². The van der Waals surface area contributed by atoms with E-state index in [2.05, 4.69) is 46.3 Å². The van der Waals surface area contributed by atoms with E-state index < -0.39 is 0 Å². The van der Waals surface area contributed by atoms with Gasteiger partial charge in [-0.1, -0.05) is 18.2 Å². The van der Waals surface area contributed by atoms with E-state index in [9.17, 15) is 0 Å². The molecule has 0 nitrogen and oxygen atoms in total. The highest BCUT2D eigenvalue weighted by atomic mass is 79.9. The molecule has 0 amide bonds. The Labute approximate surface area is 91.9 Å². The second-order valence-electron chi connectivity index (χ2n) is 2.85. The fourth-order valence-electron chi connectivity index (χ4n) is 1.49. The lowest BCUT2D eigenvalue weighted by Crippen LogP contribution is -1.59. The fraction of sp³-hybridized carbons (Fsp3) is 0. The van der Waals surface area contributed by atoms with Crippen molar-refractivity contribution in [2.24, 2.45) is 0 Å². The molecule has 64 valence electrons. The molecule has 0 spiro atoms. The second-order valence-corrected chi connectivity index (χ2v) is 6.59. The molecule has 2 aromatic heterocycles. The van der Waals surface area contributed by atoms with Crippen LogP contribution in [0.15, 0.2) is 34.1 Å². The van der Waals surface area contributed by atoms with E-state index in [0.717, 1.165) is 0 Å². The summed E-state index contributed by atoms with van der Waals surface area (Å²) in [5.41, 5.74) is 0. The lowest BCUT2D eigenvalue weighted by molar-refractivity contribution is 1.87. The standard InChI is InChI=1S/C10H5BrS2/c11-9-5-7-6-3-1-2-4-8(6)12-10(7)13-9/h1-5H. The molecule has 3 rings (SSSR count). The molecule has 0 N–H and O–H groups in total. The SMILES string of the molecule is Brc1cc2c(s1)sc1ccccc12. The van der Waals surface area contributed by atoms with E-state index in [-0.39, 0.29) is 0 Å². The molecule has 0 atom stereocenters. The third kappa shape index (κ3) is 1.15. The highest BCUT2D eigenvalue weighted by Crippen LogP contribution is 2.40. The van der Waals surface area contributed by atoms with Crippen LogP contribution in [-0.4, -0.2) is 0 Å². The summed E-state index contributed by atoms with van der Waals surface area (Å²) in [6.45, 7) is 0. The Morgan fingerprint density at radius 3 is 2.77 bits per heavy atom. The fourth-order valence-corrected chi connectivity index (χ4v) is 4.77. The third-order valence-electron chi connectivity index (χ3n) is 2.05. The summed E-state index contributed by atoms with van der Waals surface area (Å²) in [5, 5.41) is 2.77. The minimum atomic E-state index is 1.22. The number of benzene rings is 1. The minimum Gasteiger partial charge on any atom is -0.124 e. The lowest BCUT2D eigenvalue weighted by atomic mass is 10.2. The van der Waals surface area contributed by atoms with Gasteiger partial charge in [-0.2, -0.15) is 0 Å². The van der Waals surface area contributed by atoms with Gasteiger partial charge in [0.1, 0.15) is 0 Å². The Morgan fingerprint density at radius 2 is 1.85 bits per heavy atom. The van der Waals surface area contributed by atoms with Gasteiger partial charge in [-0.15, -0.1) is 22.7 Å². The van der Waals surface area contributed by atoms with Crippen LogP contribution in [0.25, 0.3) is 19.5 Å². The Kier molecular flexibility index (Phi) is 1.72. The van der Waals surface area contributed by atoms with E-state index in [1.807, 2.05) is 22.7 Å². The summed E-state index contributed by atoms with van der Waals surface area (Å²) in [6, 6.07) is 10.8. The molecule has 0 aliphatic heterocycles. The number of halogens is 1. The van der Waals surface area contributed by atoms with Gasteiger partial charge in [-0.25, -0.2) is 0 Å². The molecule has 0 bridgehead atoms. The van der Waals surface area contributed by atoms with Crippen LogP contribution >= 0.6 is 38.6 Å². The molecule has 13 heavy (non-hydrogen) atoms. The van der Waals surface area contributed by atoms with Crippen LogP contribution in [0, 0.1) is 0 Å². The van der Waals surface area contributed by atoms with Crippen LogP contribution in [-0.2, 0) is 0 Å². The molecule has 0 radical (unpaired) electrons. The molecule has 0 aliphatic rings. The van der Waals surface area contributed by atoms with Gasteiger partial charge >= 0.3 is 0 Å². The van der Waals surface area contributed by atoms with Crippen molar-refractivity contribution in [2.45, 2.75) is 0 Å². The first-order chi connectivity index (χ1) is 6.34. The van der Waals surface area contributed by atoms with Crippen molar-refractivity contribution < 1.29 is 0 Å². The Bertz CT molecular complexity index is 577. The molecule has 3 heteroatoms. The highest BCUT2D eigenvalue weighted by Gasteiger charge is 2.06. The van der Waals surface area contributed by atoms with Crippen molar-refractivity contribution in [3.8, 4) is 0 Å². The summed E-state index contributed by atoms with van der Waals surface area (Å²) < 4.78 is 4.02. The number of fused-ring (bicyclic) bond motifs is 3. The van der Waals surface area contributed by atoms with Crippen LogP contribution < -0.4 is 0 Å². The predicted octanol–water partition coefficient (Wildman–Crippen LogP) is 4.88. The molecule has 2 heterocycles. The number of thiophene rings is 2. The van der Waals surface area contributed by atoms with E-state index >= 15 is 0 Å². The molecular formula is C10H5BrS2. The summed E-state index contributed by atoms with van der Waals surface area (Å²) in [4.78, 5) is 0. The third-order valence-corrected chi connectivity index (χ3v) is 4.96. The lowest BCUT2D eigenvalue weighted by Gasteiger charge is -1.85. The van der Waals surface area contributed by atoms with E-state index in [1.165, 1.54) is 23.3 Å². The first kappa shape index (κ1) is 7.97. The zero-order chi connectivity index (χ0) is 8.84. The van der Waals surface area contributed by atoms with Crippen LogP contribution in [0.5, 0.6) is 0 Å². The molecular weight excluding hydrogens is 264 g/mol. The largest absolute Gasteiger partial charge is 0.124 e. The van der Waals surface area contributed by atoms with Crippen molar-refractivity contribution in [2.75, 3.05) is 0 Å². The predicted molar refractivity (Wildman–Crippen MR) is 64.9 cm³/mol. The van der Waals surface area contributed by atoms with Gasteiger partial charge in [-0.05, 0) is 28.1 Å². The van der Waals surface area contributed by atoms with Gasteiger partial charge in [0.25, 0.3) is 0 Å². The maximum atomic E-state index is 3.51. The van der Waals surface area contributed by atoms with E-state index in [1.54, 1.807) is 0 Å². The zero-order valence-corrected chi connectivity index (χ0v) is 9.80. The van der Waals surface area contributed by atoms with Gasteiger partial charge in [0.15, 0.2) is 0 Å². The summed E-state index contributed by atoms with van der Waals surface area (Å²) in [7, 11) is 0. The molecule has 0 saturated carbocycles. The smallest absolute Gasteiger partial charge is 0.0889 e. The van der Waals surface area contributed by atoms with Gasteiger partial charge in [-0.3, -0.25) is 0 Å².